The molecule has 2 rings (SSSR count). The predicted octanol–water partition coefficient (Wildman–Crippen LogP) is 2.87. The molecule has 0 aliphatic carbocycles. The molecule has 2 aromatic rings. The lowest BCUT2D eigenvalue weighted by Gasteiger charge is -2.25. The van der Waals surface area contributed by atoms with Crippen molar-refractivity contribution < 1.29 is 14.9 Å². The number of hydrogen-bond donors (Lipinski definition) is 3. The predicted molar refractivity (Wildman–Crippen MR) is 87.1 cm³/mol. The monoisotopic (exact) mass is 301 g/mol. The highest BCUT2D eigenvalue weighted by molar-refractivity contribution is 5.28. The van der Waals surface area contributed by atoms with E-state index in [9.17, 15) is 10.2 Å². The van der Waals surface area contributed by atoms with Gasteiger partial charge >= 0.3 is 0 Å². The molecule has 0 aromatic heterocycles. The Bertz CT molecular complexity index is 556. The minimum absolute atomic E-state index is 0.0990. The molecule has 0 spiro atoms. The largest absolute Gasteiger partial charge is 0.508 e. The molecular formula is C18H23NO3. The second kappa shape index (κ2) is 7.82. The fourth-order valence-corrected chi connectivity index (χ4v) is 2.29. The highest BCUT2D eigenvalue weighted by Crippen LogP contribution is 2.20. The van der Waals surface area contributed by atoms with Crippen molar-refractivity contribution in [3.63, 3.8) is 0 Å². The number of nitrogens with one attached hydrogen (secondary N) is 1. The zero-order valence-electron chi connectivity index (χ0n) is 12.9. The molecule has 4 heteroatoms. The molecule has 3 atom stereocenters. The van der Waals surface area contributed by atoms with Crippen LogP contribution >= 0.6 is 0 Å². The SMILES string of the molecule is CC(COc1ccccc1)NC(C)[C@H](O)c1ccc(O)cc1. The third-order valence-electron chi connectivity index (χ3n) is 3.50. The fraction of sp³-hybridized carbons (Fsp3) is 0.333. The van der Waals surface area contributed by atoms with Crippen molar-refractivity contribution in [1.82, 2.24) is 5.32 Å². The summed E-state index contributed by atoms with van der Waals surface area (Å²) in [5.74, 6) is 1.03. The fourth-order valence-electron chi connectivity index (χ4n) is 2.29. The van der Waals surface area contributed by atoms with E-state index in [1.165, 1.54) is 0 Å². The number of phenols is 1. The number of rotatable bonds is 7. The number of hydrogen-bond acceptors (Lipinski definition) is 4. The molecule has 4 nitrogen and oxygen atoms in total. The molecule has 22 heavy (non-hydrogen) atoms. The van der Waals surface area contributed by atoms with Gasteiger partial charge in [-0.25, -0.2) is 0 Å². The number of ether oxygens (including phenoxy) is 1. The molecule has 0 saturated carbocycles. The van der Waals surface area contributed by atoms with Gasteiger partial charge in [-0.15, -0.1) is 0 Å². The summed E-state index contributed by atoms with van der Waals surface area (Å²) in [6, 6.07) is 16.2. The normalized spacial score (nSPS) is 15.0. The van der Waals surface area contributed by atoms with Crippen LogP contribution in [0, 0.1) is 0 Å². The Labute approximate surface area is 131 Å². The first-order chi connectivity index (χ1) is 10.6. The van der Waals surface area contributed by atoms with Crippen molar-refractivity contribution in [3.05, 3.63) is 60.2 Å². The van der Waals surface area contributed by atoms with Gasteiger partial charge in [0.05, 0.1) is 6.10 Å². The van der Waals surface area contributed by atoms with E-state index in [-0.39, 0.29) is 17.8 Å². The van der Waals surface area contributed by atoms with Gasteiger partial charge in [-0.3, -0.25) is 0 Å². The highest BCUT2D eigenvalue weighted by Gasteiger charge is 2.18. The van der Waals surface area contributed by atoms with Crippen LogP contribution in [0.15, 0.2) is 54.6 Å². The van der Waals surface area contributed by atoms with E-state index >= 15 is 0 Å². The Balaban J connectivity index is 1.82. The topological polar surface area (TPSA) is 61.7 Å². The van der Waals surface area contributed by atoms with Crippen molar-refractivity contribution >= 4 is 0 Å². The molecule has 0 fully saturated rings. The first-order valence-electron chi connectivity index (χ1n) is 7.47. The standard InChI is InChI=1S/C18H23NO3/c1-13(12-22-17-6-4-3-5-7-17)19-14(2)18(21)15-8-10-16(20)11-9-15/h3-11,13-14,18-21H,12H2,1-2H3/t13?,14?,18-/m0/s1. The Morgan fingerprint density at radius 2 is 1.64 bits per heavy atom. The summed E-state index contributed by atoms with van der Waals surface area (Å²) in [4.78, 5) is 0. The first-order valence-corrected chi connectivity index (χ1v) is 7.47. The molecule has 0 aliphatic heterocycles. The summed E-state index contributed by atoms with van der Waals surface area (Å²) >= 11 is 0. The van der Waals surface area contributed by atoms with Gasteiger partial charge < -0.3 is 20.3 Å². The minimum Gasteiger partial charge on any atom is -0.508 e. The van der Waals surface area contributed by atoms with E-state index < -0.39 is 6.10 Å². The number of aromatic hydroxyl groups is 1. The van der Waals surface area contributed by atoms with Crippen LogP contribution < -0.4 is 10.1 Å². The summed E-state index contributed by atoms with van der Waals surface area (Å²) in [6.45, 7) is 4.47. The van der Waals surface area contributed by atoms with Crippen molar-refractivity contribution in [3.8, 4) is 11.5 Å². The average Bonchev–Trinajstić information content (AvgIpc) is 2.54. The summed E-state index contributed by atoms with van der Waals surface area (Å²) in [7, 11) is 0. The second-order valence-electron chi connectivity index (χ2n) is 5.52. The summed E-state index contributed by atoms with van der Waals surface area (Å²) in [5.41, 5.74) is 0.772. The Morgan fingerprint density at radius 1 is 1.00 bits per heavy atom. The molecule has 2 aromatic carbocycles. The van der Waals surface area contributed by atoms with Crippen LogP contribution in [0.4, 0.5) is 0 Å². The molecule has 0 saturated heterocycles. The lowest BCUT2D eigenvalue weighted by atomic mass is 10.0. The van der Waals surface area contributed by atoms with Crippen LogP contribution in [-0.2, 0) is 0 Å². The number of aliphatic hydroxyl groups is 1. The van der Waals surface area contributed by atoms with Gasteiger partial charge in [0, 0.05) is 12.1 Å². The molecule has 2 unspecified atom stereocenters. The molecule has 0 heterocycles. The van der Waals surface area contributed by atoms with Crippen molar-refractivity contribution in [2.45, 2.75) is 32.0 Å². The lowest BCUT2D eigenvalue weighted by molar-refractivity contribution is 0.124. The van der Waals surface area contributed by atoms with Gasteiger partial charge in [0.15, 0.2) is 0 Å². The second-order valence-corrected chi connectivity index (χ2v) is 5.52. The molecular weight excluding hydrogens is 278 g/mol. The van der Waals surface area contributed by atoms with E-state index in [0.29, 0.717) is 6.61 Å². The minimum atomic E-state index is -0.639. The van der Waals surface area contributed by atoms with E-state index in [0.717, 1.165) is 11.3 Å². The number of benzene rings is 2. The summed E-state index contributed by atoms with van der Waals surface area (Å²) < 4.78 is 5.69. The van der Waals surface area contributed by atoms with Crippen LogP contribution in [0.5, 0.6) is 11.5 Å². The van der Waals surface area contributed by atoms with E-state index in [1.54, 1.807) is 24.3 Å². The van der Waals surface area contributed by atoms with Crippen molar-refractivity contribution in [1.29, 1.82) is 0 Å². The molecule has 0 amide bonds. The van der Waals surface area contributed by atoms with Crippen molar-refractivity contribution in [2.75, 3.05) is 6.61 Å². The van der Waals surface area contributed by atoms with Crippen LogP contribution in [-0.4, -0.2) is 28.9 Å². The Morgan fingerprint density at radius 3 is 2.27 bits per heavy atom. The number of para-hydroxylation sites is 1. The van der Waals surface area contributed by atoms with Gasteiger partial charge in [-0.2, -0.15) is 0 Å². The molecule has 0 radical (unpaired) electrons. The van der Waals surface area contributed by atoms with E-state index in [2.05, 4.69) is 5.32 Å². The maximum absolute atomic E-state index is 10.3. The van der Waals surface area contributed by atoms with Crippen LogP contribution in [0.2, 0.25) is 0 Å². The quantitative estimate of drug-likeness (QED) is 0.736. The summed E-state index contributed by atoms with van der Waals surface area (Å²) in [6.07, 6.45) is -0.639. The van der Waals surface area contributed by atoms with Gasteiger partial charge in [0.1, 0.15) is 18.1 Å². The maximum atomic E-state index is 10.3. The van der Waals surface area contributed by atoms with Gasteiger partial charge in [-0.05, 0) is 43.7 Å². The molecule has 3 N–H and O–H groups in total. The smallest absolute Gasteiger partial charge is 0.119 e. The van der Waals surface area contributed by atoms with E-state index in [1.807, 2.05) is 44.2 Å². The number of phenolic OH excluding ortho intramolecular Hbond substituents is 1. The maximum Gasteiger partial charge on any atom is 0.119 e. The number of aliphatic hydroxyl groups excluding tert-OH is 1. The van der Waals surface area contributed by atoms with Crippen LogP contribution in [0.1, 0.15) is 25.5 Å². The Hall–Kier alpha value is -2.04. The average molecular weight is 301 g/mol. The highest BCUT2D eigenvalue weighted by atomic mass is 16.5. The lowest BCUT2D eigenvalue weighted by Crippen LogP contribution is -2.41. The third kappa shape index (κ3) is 4.76. The van der Waals surface area contributed by atoms with Gasteiger partial charge in [-0.1, -0.05) is 30.3 Å². The molecule has 118 valence electrons. The van der Waals surface area contributed by atoms with Crippen LogP contribution in [0.3, 0.4) is 0 Å². The zero-order valence-corrected chi connectivity index (χ0v) is 12.9. The van der Waals surface area contributed by atoms with Gasteiger partial charge in [0.25, 0.3) is 0 Å². The Kier molecular flexibility index (Phi) is 5.81. The molecule has 0 aliphatic rings. The van der Waals surface area contributed by atoms with Crippen LogP contribution in [0.25, 0.3) is 0 Å². The van der Waals surface area contributed by atoms with Gasteiger partial charge in [0.2, 0.25) is 0 Å². The zero-order chi connectivity index (χ0) is 15.9. The van der Waals surface area contributed by atoms with E-state index in [4.69, 9.17) is 4.74 Å². The third-order valence-corrected chi connectivity index (χ3v) is 3.50. The molecule has 0 bridgehead atoms. The summed E-state index contributed by atoms with van der Waals surface area (Å²) in [5, 5.41) is 22.9. The van der Waals surface area contributed by atoms with Crippen molar-refractivity contribution in [2.24, 2.45) is 0 Å². The first kappa shape index (κ1) is 16.3.